The Balaban J connectivity index is 1.71. The predicted molar refractivity (Wildman–Crippen MR) is 80.4 cm³/mol. The molecule has 0 aromatic carbocycles. The number of aromatic nitrogens is 2. The van der Waals surface area contributed by atoms with Gasteiger partial charge in [-0.2, -0.15) is 5.26 Å². The van der Waals surface area contributed by atoms with Crippen molar-refractivity contribution in [1.29, 1.82) is 5.26 Å². The van der Waals surface area contributed by atoms with E-state index in [1.807, 2.05) is 6.07 Å². The molecule has 6 heteroatoms. The molecule has 2 N–H and O–H groups in total. The van der Waals surface area contributed by atoms with Crippen LogP contribution in [0.1, 0.15) is 61.6 Å². The summed E-state index contributed by atoms with van der Waals surface area (Å²) in [5, 5.41) is 21.3. The monoisotopic (exact) mass is 300 g/mol. The molecule has 0 unspecified atom stereocenters. The SMILES string of the molecule is C[C@@H](Nc1nc(C#N)ncc1C(=O)O)C1CCC2(CC1)CC2. The first kappa shape index (κ1) is 14.8. The second-order valence-electron chi connectivity index (χ2n) is 6.64. The quantitative estimate of drug-likeness (QED) is 0.887. The number of carboxylic acid groups (broad SMARTS) is 1. The lowest BCUT2D eigenvalue weighted by Gasteiger charge is -2.33. The van der Waals surface area contributed by atoms with Crippen molar-refractivity contribution in [2.45, 2.75) is 51.5 Å². The molecule has 1 heterocycles. The van der Waals surface area contributed by atoms with Gasteiger partial charge in [0.1, 0.15) is 17.5 Å². The topological polar surface area (TPSA) is 98.9 Å². The van der Waals surface area contributed by atoms with E-state index in [1.165, 1.54) is 44.7 Å². The summed E-state index contributed by atoms with van der Waals surface area (Å²) >= 11 is 0. The number of carbonyl (C=O) groups is 1. The van der Waals surface area contributed by atoms with Gasteiger partial charge in [0.15, 0.2) is 0 Å². The first-order chi connectivity index (χ1) is 10.5. The molecule has 22 heavy (non-hydrogen) atoms. The van der Waals surface area contributed by atoms with Crippen molar-refractivity contribution < 1.29 is 9.90 Å². The molecule has 3 rings (SSSR count). The Bertz CT molecular complexity index is 624. The van der Waals surface area contributed by atoms with Gasteiger partial charge in [-0.3, -0.25) is 0 Å². The van der Waals surface area contributed by atoms with Gasteiger partial charge in [0.25, 0.3) is 0 Å². The lowest BCUT2D eigenvalue weighted by Crippen LogP contribution is -2.31. The van der Waals surface area contributed by atoms with Crippen molar-refractivity contribution in [3.05, 3.63) is 17.6 Å². The molecule has 1 spiro atoms. The molecule has 2 aliphatic carbocycles. The molecular formula is C16H20N4O2. The third-order valence-corrected chi connectivity index (χ3v) is 5.24. The van der Waals surface area contributed by atoms with Crippen LogP contribution >= 0.6 is 0 Å². The van der Waals surface area contributed by atoms with Gasteiger partial charge in [0, 0.05) is 12.2 Å². The summed E-state index contributed by atoms with van der Waals surface area (Å²) in [7, 11) is 0. The summed E-state index contributed by atoms with van der Waals surface area (Å²) in [5.41, 5.74) is 0.658. The fourth-order valence-electron chi connectivity index (χ4n) is 3.47. The van der Waals surface area contributed by atoms with Gasteiger partial charge >= 0.3 is 5.97 Å². The Morgan fingerprint density at radius 3 is 2.68 bits per heavy atom. The summed E-state index contributed by atoms with van der Waals surface area (Å²) in [6, 6.07) is 1.99. The summed E-state index contributed by atoms with van der Waals surface area (Å²) in [6.07, 6.45) is 8.86. The maximum absolute atomic E-state index is 11.3. The fourth-order valence-corrected chi connectivity index (χ4v) is 3.47. The minimum absolute atomic E-state index is 0.0136. The zero-order chi connectivity index (χ0) is 15.7. The molecule has 2 aliphatic rings. The Morgan fingerprint density at radius 2 is 2.14 bits per heavy atom. The van der Waals surface area contributed by atoms with Crippen LogP contribution in [-0.4, -0.2) is 27.1 Å². The highest BCUT2D eigenvalue weighted by atomic mass is 16.4. The van der Waals surface area contributed by atoms with Gasteiger partial charge in [-0.25, -0.2) is 14.8 Å². The first-order valence-corrected chi connectivity index (χ1v) is 7.80. The van der Waals surface area contributed by atoms with E-state index in [2.05, 4.69) is 22.2 Å². The molecular weight excluding hydrogens is 280 g/mol. The number of nitrogens with one attached hydrogen (secondary N) is 1. The van der Waals surface area contributed by atoms with Crippen LogP contribution in [0.4, 0.5) is 5.82 Å². The molecule has 0 bridgehead atoms. The van der Waals surface area contributed by atoms with E-state index < -0.39 is 5.97 Å². The normalized spacial score (nSPS) is 21.1. The van der Waals surface area contributed by atoms with E-state index in [0.717, 1.165) is 0 Å². The van der Waals surface area contributed by atoms with Gasteiger partial charge in [-0.15, -0.1) is 0 Å². The number of hydrogen-bond donors (Lipinski definition) is 2. The number of carboxylic acids is 1. The lowest BCUT2D eigenvalue weighted by atomic mass is 9.77. The molecule has 2 fully saturated rings. The van der Waals surface area contributed by atoms with Crippen LogP contribution in [0.5, 0.6) is 0 Å². The third kappa shape index (κ3) is 2.89. The number of nitrogens with zero attached hydrogens (tertiary/aromatic N) is 3. The molecule has 116 valence electrons. The molecule has 1 aromatic heterocycles. The number of rotatable bonds is 4. The third-order valence-electron chi connectivity index (χ3n) is 5.24. The predicted octanol–water partition coefficient (Wildman–Crippen LogP) is 2.82. The largest absolute Gasteiger partial charge is 0.477 e. The molecule has 1 aromatic rings. The molecule has 2 saturated carbocycles. The van der Waals surface area contributed by atoms with Crippen LogP contribution < -0.4 is 5.32 Å². The summed E-state index contributed by atoms with van der Waals surface area (Å²) in [4.78, 5) is 19.0. The van der Waals surface area contributed by atoms with E-state index in [1.54, 1.807) is 0 Å². The summed E-state index contributed by atoms with van der Waals surface area (Å²) in [5.74, 6) is -0.327. The average Bonchev–Trinajstić information content (AvgIpc) is 3.26. The van der Waals surface area contributed by atoms with E-state index in [-0.39, 0.29) is 23.2 Å². The van der Waals surface area contributed by atoms with Gasteiger partial charge in [-0.1, -0.05) is 0 Å². The van der Waals surface area contributed by atoms with Crippen LogP contribution in [-0.2, 0) is 0 Å². The van der Waals surface area contributed by atoms with Crippen molar-refractivity contribution in [2.24, 2.45) is 11.3 Å². The minimum Gasteiger partial charge on any atom is -0.477 e. The van der Waals surface area contributed by atoms with E-state index in [4.69, 9.17) is 5.26 Å². The van der Waals surface area contributed by atoms with Crippen molar-refractivity contribution in [1.82, 2.24) is 9.97 Å². The zero-order valence-corrected chi connectivity index (χ0v) is 12.7. The molecule has 0 aliphatic heterocycles. The Kier molecular flexibility index (Phi) is 3.73. The Hall–Kier alpha value is -2.16. The molecule has 6 nitrogen and oxygen atoms in total. The van der Waals surface area contributed by atoms with Crippen LogP contribution in [0, 0.1) is 22.7 Å². The zero-order valence-electron chi connectivity index (χ0n) is 12.7. The summed E-state index contributed by atoms with van der Waals surface area (Å²) < 4.78 is 0. The molecule has 1 atom stereocenters. The van der Waals surface area contributed by atoms with E-state index in [0.29, 0.717) is 11.3 Å². The Morgan fingerprint density at radius 1 is 1.45 bits per heavy atom. The average molecular weight is 300 g/mol. The number of hydrogen-bond acceptors (Lipinski definition) is 5. The van der Waals surface area contributed by atoms with Crippen LogP contribution in [0.25, 0.3) is 0 Å². The number of nitriles is 1. The molecule has 0 saturated heterocycles. The second kappa shape index (κ2) is 5.56. The summed E-state index contributed by atoms with van der Waals surface area (Å²) in [6.45, 7) is 2.06. The first-order valence-electron chi connectivity index (χ1n) is 7.80. The van der Waals surface area contributed by atoms with Gasteiger partial charge in [0.2, 0.25) is 5.82 Å². The lowest BCUT2D eigenvalue weighted by molar-refractivity contribution is 0.0697. The van der Waals surface area contributed by atoms with Gasteiger partial charge in [-0.05, 0) is 56.8 Å². The van der Waals surface area contributed by atoms with E-state index in [9.17, 15) is 9.90 Å². The van der Waals surface area contributed by atoms with E-state index >= 15 is 0 Å². The van der Waals surface area contributed by atoms with Crippen LogP contribution in [0.15, 0.2) is 6.20 Å². The molecule has 0 amide bonds. The molecule has 0 radical (unpaired) electrons. The van der Waals surface area contributed by atoms with Crippen molar-refractivity contribution in [3.8, 4) is 6.07 Å². The van der Waals surface area contributed by atoms with Gasteiger partial charge in [0.05, 0.1) is 0 Å². The minimum atomic E-state index is -1.08. The maximum atomic E-state index is 11.3. The number of anilines is 1. The highest BCUT2D eigenvalue weighted by molar-refractivity contribution is 5.92. The van der Waals surface area contributed by atoms with Crippen LogP contribution in [0.3, 0.4) is 0 Å². The highest BCUT2D eigenvalue weighted by Crippen LogP contribution is 2.57. The van der Waals surface area contributed by atoms with Crippen molar-refractivity contribution in [3.63, 3.8) is 0 Å². The van der Waals surface area contributed by atoms with Crippen LogP contribution in [0.2, 0.25) is 0 Å². The smallest absolute Gasteiger partial charge is 0.341 e. The second-order valence-corrected chi connectivity index (χ2v) is 6.64. The van der Waals surface area contributed by atoms with Gasteiger partial charge < -0.3 is 10.4 Å². The van der Waals surface area contributed by atoms with Crippen molar-refractivity contribution >= 4 is 11.8 Å². The number of aromatic carboxylic acids is 1. The maximum Gasteiger partial charge on any atom is 0.341 e. The van der Waals surface area contributed by atoms with Crippen molar-refractivity contribution in [2.75, 3.05) is 5.32 Å². The highest BCUT2D eigenvalue weighted by Gasteiger charge is 2.45. The Labute approximate surface area is 129 Å². The fraction of sp³-hybridized carbons (Fsp3) is 0.625. The standard InChI is InChI=1S/C16H20N4O2/c1-10(11-2-4-16(5-3-11)6-7-16)19-14-12(15(21)22)9-18-13(8-17)20-14/h9-11H,2-7H2,1H3,(H,21,22)(H,18,19,20)/t10-/m1/s1.